The molecule has 1 aromatic carbocycles. The van der Waals surface area contributed by atoms with E-state index in [1.807, 2.05) is 0 Å². The molecule has 0 aliphatic heterocycles. The fraction of sp³-hybridized carbons (Fsp3) is 0.333. The number of ether oxygens (including phenoxy) is 1. The lowest BCUT2D eigenvalue weighted by Crippen LogP contribution is -2.27. The Morgan fingerprint density at radius 1 is 1.25 bits per heavy atom. The highest BCUT2D eigenvalue weighted by atomic mass is 32.2. The van der Waals surface area contributed by atoms with Crippen LogP contribution in [0.3, 0.4) is 0 Å². The van der Waals surface area contributed by atoms with Crippen LogP contribution in [0.4, 0.5) is 0 Å². The first-order valence-corrected chi connectivity index (χ1v) is 7.40. The molecule has 1 amide bonds. The number of carbonyl (C=O) groups is 2. The van der Waals surface area contributed by atoms with Crippen molar-refractivity contribution >= 4 is 21.9 Å². The van der Waals surface area contributed by atoms with E-state index in [4.69, 9.17) is 5.73 Å². The third-order valence-corrected chi connectivity index (χ3v) is 3.85. The summed E-state index contributed by atoms with van der Waals surface area (Å²) in [7, 11) is -3.72. The highest BCUT2D eigenvalue weighted by Crippen LogP contribution is 2.10. The summed E-state index contributed by atoms with van der Waals surface area (Å²) >= 11 is 0. The topological polar surface area (TPSA) is 116 Å². The Bertz CT molecular complexity index is 580. The number of nitrogens with one attached hydrogen (secondary N) is 1. The van der Waals surface area contributed by atoms with E-state index < -0.39 is 21.9 Å². The molecule has 8 heteroatoms. The maximum absolute atomic E-state index is 11.9. The molecule has 0 aliphatic carbocycles. The average molecular weight is 300 g/mol. The summed E-state index contributed by atoms with van der Waals surface area (Å²) in [5.74, 6) is -1.11. The van der Waals surface area contributed by atoms with E-state index in [-0.39, 0.29) is 30.0 Å². The van der Waals surface area contributed by atoms with E-state index in [9.17, 15) is 18.0 Å². The first-order valence-electron chi connectivity index (χ1n) is 5.92. The van der Waals surface area contributed by atoms with Gasteiger partial charge in [0.1, 0.15) is 0 Å². The van der Waals surface area contributed by atoms with Crippen molar-refractivity contribution in [3.63, 3.8) is 0 Å². The molecule has 0 saturated carbocycles. The van der Waals surface area contributed by atoms with Gasteiger partial charge in [-0.25, -0.2) is 13.1 Å². The van der Waals surface area contributed by atoms with E-state index in [2.05, 4.69) is 9.46 Å². The standard InChI is InChI=1S/C12H16N2O5S/c1-2-19-11(15)7-8-14-20(17,18)10-5-3-9(4-6-10)12(13)16/h3-6,14H,2,7-8H2,1H3,(H2,13,16). The number of amides is 1. The molecule has 7 nitrogen and oxygen atoms in total. The van der Waals surface area contributed by atoms with Crippen molar-refractivity contribution < 1.29 is 22.7 Å². The molecule has 0 spiro atoms. The number of hydrogen-bond acceptors (Lipinski definition) is 5. The van der Waals surface area contributed by atoms with Crippen LogP contribution in [-0.2, 0) is 19.6 Å². The third-order valence-electron chi connectivity index (χ3n) is 2.38. The minimum absolute atomic E-state index is 0.00800. The van der Waals surface area contributed by atoms with Gasteiger partial charge in [-0.3, -0.25) is 9.59 Å². The summed E-state index contributed by atoms with van der Waals surface area (Å²) in [5, 5.41) is 0. The molecular formula is C12H16N2O5S. The van der Waals surface area contributed by atoms with Crippen LogP contribution < -0.4 is 10.5 Å². The van der Waals surface area contributed by atoms with Crippen molar-refractivity contribution in [1.82, 2.24) is 4.72 Å². The summed E-state index contributed by atoms with van der Waals surface area (Å²) in [6, 6.07) is 5.18. The first-order chi connectivity index (χ1) is 9.36. The molecule has 0 fully saturated rings. The second kappa shape index (κ2) is 7.01. The Hall–Kier alpha value is -1.93. The van der Waals surface area contributed by atoms with Gasteiger partial charge < -0.3 is 10.5 Å². The number of primary amides is 1. The molecule has 0 atom stereocenters. The number of benzene rings is 1. The normalized spacial score (nSPS) is 11.1. The molecule has 20 heavy (non-hydrogen) atoms. The van der Waals surface area contributed by atoms with Gasteiger partial charge in [0.25, 0.3) is 0 Å². The maximum Gasteiger partial charge on any atom is 0.307 e. The number of hydrogen-bond donors (Lipinski definition) is 2. The minimum Gasteiger partial charge on any atom is -0.466 e. The molecule has 3 N–H and O–H groups in total. The van der Waals surface area contributed by atoms with Crippen molar-refractivity contribution in [2.24, 2.45) is 5.73 Å². The second-order valence-electron chi connectivity index (χ2n) is 3.84. The Labute approximate surface area is 117 Å². The number of nitrogens with two attached hydrogens (primary N) is 1. The van der Waals surface area contributed by atoms with Crippen molar-refractivity contribution in [2.75, 3.05) is 13.2 Å². The van der Waals surface area contributed by atoms with Crippen molar-refractivity contribution in [1.29, 1.82) is 0 Å². The van der Waals surface area contributed by atoms with Crippen LogP contribution in [0.15, 0.2) is 29.2 Å². The Balaban J connectivity index is 2.64. The molecule has 0 heterocycles. The summed E-state index contributed by atoms with van der Waals surface area (Å²) < 4.78 is 30.7. The summed E-state index contributed by atoms with van der Waals surface area (Å²) in [6.07, 6.45) is -0.0492. The minimum atomic E-state index is -3.72. The van der Waals surface area contributed by atoms with Crippen molar-refractivity contribution in [3.05, 3.63) is 29.8 Å². The van der Waals surface area contributed by atoms with Gasteiger partial charge in [0, 0.05) is 12.1 Å². The van der Waals surface area contributed by atoms with Crippen LogP contribution >= 0.6 is 0 Å². The number of esters is 1. The number of carbonyl (C=O) groups excluding carboxylic acids is 2. The second-order valence-corrected chi connectivity index (χ2v) is 5.61. The van der Waals surface area contributed by atoms with E-state index in [1.54, 1.807) is 6.92 Å². The average Bonchev–Trinajstić information content (AvgIpc) is 2.39. The predicted octanol–water partition coefficient (Wildman–Crippen LogP) is 0.0170. The molecule has 1 aromatic rings. The van der Waals surface area contributed by atoms with Gasteiger partial charge in [-0.15, -0.1) is 0 Å². The van der Waals surface area contributed by atoms with E-state index in [1.165, 1.54) is 24.3 Å². The van der Waals surface area contributed by atoms with Gasteiger partial charge in [0.15, 0.2) is 0 Å². The van der Waals surface area contributed by atoms with Crippen LogP contribution in [-0.4, -0.2) is 33.4 Å². The molecule has 0 bridgehead atoms. The molecule has 110 valence electrons. The zero-order chi connectivity index (χ0) is 15.2. The highest BCUT2D eigenvalue weighted by molar-refractivity contribution is 7.89. The summed E-state index contributed by atoms with van der Waals surface area (Å²) in [4.78, 5) is 21.9. The molecule has 0 saturated heterocycles. The SMILES string of the molecule is CCOC(=O)CCNS(=O)(=O)c1ccc(C(N)=O)cc1. The summed E-state index contributed by atoms with van der Waals surface area (Å²) in [6.45, 7) is 1.86. The lowest BCUT2D eigenvalue weighted by Gasteiger charge is -2.07. The van der Waals surface area contributed by atoms with Crippen molar-refractivity contribution in [2.45, 2.75) is 18.2 Å². The van der Waals surface area contributed by atoms with Crippen LogP contribution in [0.25, 0.3) is 0 Å². The number of rotatable bonds is 7. The molecule has 0 aromatic heterocycles. The largest absolute Gasteiger partial charge is 0.466 e. The van der Waals surface area contributed by atoms with Crippen molar-refractivity contribution in [3.8, 4) is 0 Å². The van der Waals surface area contributed by atoms with Gasteiger partial charge in [0.2, 0.25) is 15.9 Å². The van der Waals surface area contributed by atoms with E-state index in [0.29, 0.717) is 0 Å². The number of sulfonamides is 1. The Morgan fingerprint density at radius 3 is 2.35 bits per heavy atom. The lowest BCUT2D eigenvalue weighted by atomic mass is 10.2. The van der Waals surface area contributed by atoms with Gasteiger partial charge in [-0.1, -0.05) is 0 Å². The zero-order valence-corrected chi connectivity index (χ0v) is 11.8. The van der Waals surface area contributed by atoms with Crippen LogP contribution in [0.2, 0.25) is 0 Å². The van der Waals surface area contributed by atoms with Crippen LogP contribution in [0.5, 0.6) is 0 Å². The molecule has 0 aliphatic rings. The predicted molar refractivity (Wildman–Crippen MR) is 71.4 cm³/mol. The Morgan fingerprint density at radius 2 is 1.85 bits per heavy atom. The van der Waals surface area contributed by atoms with E-state index in [0.717, 1.165) is 0 Å². The summed E-state index contributed by atoms with van der Waals surface area (Å²) in [5.41, 5.74) is 5.28. The fourth-order valence-electron chi connectivity index (χ4n) is 1.40. The van der Waals surface area contributed by atoms with Crippen LogP contribution in [0, 0.1) is 0 Å². The smallest absolute Gasteiger partial charge is 0.307 e. The van der Waals surface area contributed by atoms with Crippen LogP contribution in [0.1, 0.15) is 23.7 Å². The monoisotopic (exact) mass is 300 g/mol. The van der Waals surface area contributed by atoms with Gasteiger partial charge in [-0.2, -0.15) is 0 Å². The van der Waals surface area contributed by atoms with Gasteiger partial charge in [0.05, 0.1) is 17.9 Å². The van der Waals surface area contributed by atoms with E-state index >= 15 is 0 Å². The molecule has 1 rings (SSSR count). The quantitative estimate of drug-likeness (QED) is 0.689. The third kappa shape index (κ3) is 4.63. The Kier molecular flexibility index (Phi) is 5.66. The molecular weight excluding hydrogens is 284 g/mol. The lowest BCUT2D eigenvalue weighted by molar-refractivity contribution is -0.142. The van der Waals surface area contributed by atoms with Gasteiger partial charge >= 0.3 is 5.97 Å². The van der Waals surface area contributed by atoms with Gasteiger partial charge in [-0.05, 0) is 31.2 Å². The fourth-order valence-corrected chi connectivity index (χ4v) is 2.43. The maximum atomic E-state index is 11.9. The molecule has 0 unspecified atom stereocenters. The zero-order valence-electron chi connectivity index (χ0n) is 11.0. The highest BCUT2D eigenvalue weighted by Gasteiger charge is 2.14. The first kappa shape index (κ1) is 16.1. The molecule has 0 radical (unpaired) electrons.